The Balaban J connectivity index is 0. The van der Waals surface area contributed by atoms with E-state index in [-0.39, 0.29) is 34.6 Å². The van der Waals surface area contributed by atoms with Crippen LogP contribution in [0.2, 0.25) is 0 Å². The molecule has 16 heavy (non-hydrogen) atoms. The third-order valence-electron chi connectivity index (χ3n) is 0.870. The summed E-state index contributed by atoms with van der Waals surface area (Å²) in [6, 6.07) is 0. The van der Waals surface area contributed by atoms with Crippen molar-refractivity contribution >= 4 is 29.8 Å². The number of nitrogens with zero attached hydrogens (tertiary/aromatic N) is 3. The zero-order chi connectivity index (χ0) is 12.0. The molecule has 1 aromatic rings. The Morgan fingerprint density at radius 2 is 1.00 bits per heavy atom. The fraction of sp³-hybridized carbons (Fsp3) is 0. The molecule has 0 aromatic carbocycles. The summed E-state index contributed by atoms with van der Waals surface area (Å²) in [5.41, 5.74) is 15.4. The number of carbonyl (C=O) groups is 2. The van der Waals surface area contributed by atoms with E-state index in [4.69, 9.17) is 37.0 Å². The van der Waals surface area contributed by atoms with Crippen molar-refractivity contribution < 1.29 is 36.6 Å². The van der Waals surface area contributed by atoms with Gasteiger partial charge in [-0.25, -0.2) is 9.59 Å². The van der Waals surface area contributed by atoms with Crippen LogP contribution >= 0.6 is 0 Å². The van der Waals surface area contributed by atoms with Gasteiger partial charge in [-0.15, -0.1) is 0 Å². The average Bonchev–Trinajstić information content (AvgIpc) is 2.01. The van der Waals surface area contributed by atoms with Gasteiger partial charge < -0.3 is 27.4 Å². The molecule has 0 atom stereocenters. The zero-order valence-corrected chi connectivity index (χ0v) is 8.66. The van der Waals surface area contributed by atoms with Crippen molar-refractivity contribution in [2.45, 2.75) is 0 Å². The second kappa shape index (κ2) is 7.19. The summed E-state index contributed by atoms with van der Waals surface area (Å²) in [5, 5.41) is 14.8. The van der Waals surface area contributed by atoms with Crippen LogP contribution in [-0.4, -0.2) is 37.1 Å². The summed E-state index contributed by atoms with van der Waals surface area (Å²) in [6.07, 6.45) is 0. The van der Waals surface area contributed by atoms with Crippen LogP contribution in [0.4, 0.5) is 17.8 Å². The number of nitrogens with two attached hydrogens (primary N) is 3. The van der Waals surface area contributed by atoms with Crippen molar-refractivity contribution in [1.82, 2.24) is 15.0 Å². The van der Waals surface area contributed by atoms with Gasteiger partial charge in [-0.2, -0.15) is 15.0 Å². The van der Waals surface area contributed by atoms with Crippen LogP contribution < -0.4 is 17.2 Å². The Hall–Kier alpha value is -2.14. The molecule has 0 amide bonds. The van der Waals surface area contributed by atoms with Gasteiger partial charge in [0.05, 0.1) is 0 Å². The number of hydrogen-bond acceptors (Lipinski definition) is 8. The van der Waals surface area contributed by atoms with E-state index in [1.165, 1.54) is 0 Å². The van der Waals surface area contributed by atoms with Gasteiger partial charge in [-0.3, -0.25) is 0 Å². The van der Waals surface area contributed by atoms with E-state index in [9.17, 15) is 0 Å². The third kappa shape index (κ3) is 7.28. The maximum Gasteiger partial charge on any atom is 0.414 e. The zero-order valence-electron chi connectivity index (χ0n) is 7.62. The van der Waals surface area contributed by atoms with Crippen LogP contribution in [0.5, 0.6) is 0 Å². The van der Waals surface area contributed by atoms with Gasteiger partial charge >= 0.3 is 11.9 Å². The van der Waals surface area contributed by atoms with Gasteiger partial charge in [0.2, 0.25) is 17.8 Å². The SMILES string of the molecule is Nc1nc(N)nc(N)n1.O=C(O)C(=O)O.[Co]. The fourth-order valence-electron chi connectivity index (χ4n) is 0.427. The minimum atomic E-state index is -1.82. The summed E-state index contributed by atoms with van der Waals surface area (Å²) in [7, 11) is 0. The average molecular weight is 275 g/mol. The first-order valence-electron chi connectivity index (χ1n) is 3.31. The van der Waals surface area contributed by atoms with Crippen molar-refractivity contribution in [1.29, 1.82) is 0 Å². The number of carboxylic acids is 2. The molecule has 0 aliphatic carbocycles. The van der Waals surface area contributed by atoms with Gasteiger partial charge in [0, 0.05) is 16.8 Å². The monoisotopic (exact) mass is 275 g/mol. The molecule has 1 heterocycles. The Kier molecular flexibility index (Phi) is 7.32. The number of anilines is 3. The molecule has 0 fully saturated rings. The molecule has 11 heteroatoms. The van der Waals surface area contributed by atoms with Crippen molar-refractivity contribution in [2.24, 2.45) is 0 Å². The van der Waals surface area contributed by atoms with Crippen molar-refractivity contribution in [2.75, 3.05) is 17.2 Å². The van der Waals surface area contributed by atoms with Crippen LogP contribution in [0.15, 0.2) is 0 Å². The van der Waals surface area contributed by atoms with Gasteiger partial charge in [-0.05, 0) is 0 Å². The van der Waals surface area contributed by atoms with Gasteiger partial charge in [0.15, 0.2) is 0 Å². The van der Waals surface area contributed by atoms with E-state index >= 15 is 0 Å². The molecule has 10 nitrogen and oxygen atoms in total. The molecule has 0 saturated heterocycles. The predicted octanol–water partition coefficient (Wildman–Crippen LogP) is -2.23. The molecule has 0 unspecified atom stereocenters. The van der Waals surface area contributed by atoms with Gasteiger partial charge in [0.1, 0.15) is 0 Å². The topological polar surface area (TPSA) is 191 Å². The van der Waals surface area contributed by atoms with Gasteiger partial charge in [-0.1, -0.05) is 0 Å². The van der Waals surface area contributed by atoms with Crippen LogP contribution in [0.1, 0.15) is 0 Å². The summed E-state index contributed by atoms with van der Waals surface area (Å²) >= 11 is 0. The van der Waals surface area contributed by atoms with Crippen LogP contribution in [0.3, 0.4) is 0 Å². The van der Waals surface area contributed by atoms with Crippen LogP contribution in [0, 0.1) is 0 Å². The second-order valence-corrected chi connectivity index (χ2v) is 2.02. The molecule has 1 aromatic heterocycles. The Labute approximate surface area is 99.1 Å². The quantitative estimate of drug-likeness (QED) is 0.323. The first kappa shape index (κ1) is 16.3. The van der Waals surface area contributed by atoms with E-state index in [2.05, 4.69) is 15.0 Å². The van der Waals surface area contributed by atoms with Crippen molar-refractivity contribution in [3.05, 3.63) is 0 Å². The number of aromatic nitrogens is 3. The largest absolute Gasteiger partial charge is 0.473 e. The molecule has 0 bridgehead atoms. The molecule has 1 rings (SSSR count). The Morgan fingerprint density at radius 1 is 0.812 bits per heavy atom. The summed E-state index contributed by atoms with van der Waals surface area (Å²) in [5.74, 6) is -3.52. The number of rotatable bonds is 0. The molecule has 0 saturated carbocycles. The van der Waals surface area contributed by atoms with Crippen molar-refractivity contribution in [3.63, 3.8) is 0 Å². The van der Waals surface area contributed by atoms with E-state index in [0.717, 1.165) is 0 Å². The Bertz CT molecular complexity index is 323. The maximum absolute atomic E-state index is 9.10. The molecule has 0 aliphatic heterocycles. The fourth-order valence-corrected chi connectivity index (χ4v) is 0.427. The first-order valence-corrected chi connectivity index (χ1v) is 3.31. The number of carboxylic acid groups (broad SMARTS) is 2. The standard InChI is InChI=1S/C3H6N6.C2H2O4.Co/c4-1-7-2(5)9-3(6)8-1;3-1(4)2(5)6;/h(H6,4,5,6,7,8,9);(H,3,4)(H,5,6);. The second-order valence-electron chi connectivity index (χ2n) is 2.02. The van der Waals surface area contributed by atoms with Crippen LogP contribution in [-0.2, 0) is 26.4 Å². The molecule has 0 spiro atoms. The maximum atomic E-state index is 9.10. The molecule has 91 valence electrons. The minimum Gasteiger partial charge on any atom is -0.473 e. The normalized spacial score (nSPS) is 8.00. The summed E-state index contributed by atoms with van der Waals surface area (Å²) < 4.78 is 0. The molecule has 1 radical (unpaired) electrons. The summed E-state index contributed by atoms with van der Waals surface area (Å²) in [4.78, 5) is 28.7. The smallest absolute Gasteiger partial charge is 0.414 e. The number of aliphatic carboxylic acids is 2. The summed E-state index contributed by atoms with van der Waals surface area (Å²) in [6.45, 7) is 0. The first-order chi connectivity index (χ1) is 6.82. The van der Waals surface area contributed by atoms with Crippen LogP contribution in [0.25, 0.3) is 0 Å². The van der Waals surface area contributed by atoms with E-state index in [1.54, 1.807) is 0 Å². The number of nitrogen functional groups attached to an aromatic ring is 3. The Morgan fingerprint density at radius 3 is 1.12 bits per heavy atom. The predicted molar refractivity (Wildman–Crippen MR) is 48.3 cm³/mol. The molecule has 8 N–H and O–H groups in total. The van der Waals surface area contributed by atoms with E-state index in [0.29, 0.717) is 0 Å². The molecule has 0 aliphatic rings. The van der Waals surface area contributed by atoms with Crippen molar-refractivity contribution in [3.8, 4) is 0 Å². The minimum absolute atomic E-state index is 0. The molecular weight excluding hydrogens is 267 g/mol. The third-order valence-corrected chi connectivity index (χ3v) is 0.870. The van der Waals surface area contributed by atoms with Gasteiger partial charge in [0.25, 0.3) is 0 Å². The van der Waals surface area contributed by atoms with E-state index in [1.807, 2.05) is 0 Å². The number of hydrogen-bond donors (Lipinski definition) is 5. The van der Waals surface area contributed by atoms with E-state index < -0.39 is 11.9 Å². The molecular formula is C5H8CoN6O4.